The topological polar surface area (TPSA) is 41.1 Å². The number of rotatable bonds is 2. The SMILES string of the molecule is Cc1ccc(NC(=O)C2CCCCN2)cc1C(F)(F)F.Cl. The quantitative estimate of drug-likeness (QED) is 0.874. The second-order valence-corrected chi connectivity index (χ2v) is 5.02. The molecule has 2 rings (SSSR count). The fourth-order valence-corrected chi connectivity index (χ4v) is 2.31. The van der Waals surface area contributed by atoms with Crippen molar-refractivity contribution >= 4 is 24.0 Å². The number of hydrogen-bond acceptors (Lipinski definition) is 2. The van der Waals surface area contributed by atoms with E-state index in [9.17, 15) is 18.0 Å². The molecule has 0 aromatic heterocycles. The first-order valence-corrected chi connectivity index (χ1v) is 6.60. The maximum Gasteiger partial charge on any atom is 0.416 e. The van der Waals surface area contributed by atoms with Gasteiger partial charge in [0.05, 0.1) is 11.6 Å². The van der Waals surface area contributed by atoms with Crippen LogP contribution in [0.25, 0.3) is 0 Å². The summed E-state index contributed by atoms with van der Waals surface area (Å²) in [5.74, 6) is -0.276. The van der Waals surface area contributed by atoms with Gasteiger partial charge in [-0.15, -0.1) is 12.4 Å². The largest absolute Gasteiger partial charge is 0.416 e. The normalized spacial score (nSPS) is 18.8. The molecule has 0 saturated carbocycles. The van der Waals surface area contributed by atoms with Gasteiger partial charge in [-0.2, -0.15) is 13.2 Å². The number of alkyl halides is 3. The maximum atomic E-state index is 12.8. The average molecular weight is 323 g/mol. The van der Waals surface area contributed by atoms with Gasteiger partial charge in [0.1, 0.15) is 0 Å². The molecule has 1 fully saturated rings. The molecule has 0 radical (unpaired) electrons. The van der Waals surface area contributed by atoms with Gasteiger partial charge in [-0.3, -0.25) is 4.79 Å². The van der Waals surface area contributed by atoms with Crippen LogP contribution in [-0.4, -0.2) is 18.5 Å². The van der Waals surface area contributed by atoms with E-state index in [2.05, 4.69) is 10.6 Å². The van der Waals surface area contributed by atoms with E-state index in [0.717, 1.165) is 25.5 Å². The molecule has 1 aromatic carbocycles. The number of piperidine rings is 1. The van der Waals surface area contributed by atoms with E-state index in [1.807, 2.05) is 0 Å². The van der Waals surface area contributed by atoms with Crippen LogP contribution in [0.3, 0.4) is 0 Å². The lowest BCUT2D eigenvalue weighted by molar-refractivity contribution is -0.138. The molecule has 0 bridgehead atoms. The molecule has 7 heteroatoms. The first-order valence-electron chi connectivity index (χ1n) is 6.60. The van der Waals surface area contributed by atoms with Gasteiger partial charge >= 0.3 is 6.18 Å². The molecule has 0 aliphatic carbocycles. The van der Waals surface area contributed by atoms with Crippen LogP contribution in [0.1, 0.15) is 30.4 Å². The van der Waals surface area contributed by atoms with Gasteiger partial charge in [0.2, 0.25) is 5.91 Å². The highest BCUT2D eigenvalue weighted by Gasteiger charge is 2.32. The van der Waals surface area contributed by atoms with E-state index in [4.69, 9.17) is 0 Å². The van der Waals surface area contributed by atoms with Gasteiger partial charge < -0.3 is 10.6 Å². The molecule has 1 aliphatic rings. The summed E-state index contributed by atoms with van der Waals surface area (Å²) in [6.45, 7) is 2.16. The number of carbonyl (C=O) groups excluding carboxylic acids is 1. The van der Waals surface area contributed by atoms with Crippen LogP contribution in [0.15, 0.2) is 18.2 Å². The van der Waals surface area contributed by atoms with E-state index in [-0.39, 0.29) is 35.6 Å². The fourth-order valence-electron chi connectivity index (χ4n) is 2.31. The van der Waals surface area contributed by atoms with Gasteiger partial charge in [-0.25, -0.2) is 0 Å². The van der Waals surface area contributed by atoms with Gasteiger partial charge in [0, 0.05) is 5.69 Å². The van der Waals surface area contributed by atoms with Gasteiger partial charge in [0.25, 0.3) is 0 Å². The molecular weight excluding hydrogens is 305 g/mol. The van der Waals surface area contributed by atoms with Crippen LogP contribution in [0.2, 0.25) is 0 Å². The van der Waals surface area contributed by atoms with Gasteiger partial charge in [0.15, 0.2) is 0 Å². The van der Waals surface area contributed by atoms with Crippen LogP contribution in [0.4, 0.5) is 18.9 Å². The zero-order chi connectivity index (χ0) is 14.8. The number of amides is 1. The molecule has 1 unspecified atom stereocenters. The Morgan fingerprint density at radius 2 is 2.05 bits per heavy atom. The molecular formula is C14H18ClF3N2O. The lowest BCUT2D eigenvalue weighted by Crippen LogP contribution is -2.43. The lowest BCUT2D eigenvalue weighted by Gasteiger charge is -2.22. The Morgan fingerprint density at radius 1 is 1.33 bits per heavy atom. The summed E-state index contributed by atoms with van der Waals surface area (Å²) >= 11 is 0. The van der Waals surface area contributed by atoms with Crippen molar-refractivity contribution in [2.24, 2.45) is 0 Å². The minimum atomic E-state index is -4.41. The van der Waals surface area contributed by atoms with Crippen molar-refractivity contribution in [3.05, 3.63) is 29.3 Å². The number of hydrogen-bond donors (Lipinski definition) is 2. The van der Waals surface area contributed by atoms with E-state index in [1.165, 1.54) is 19.1 Å². The second kappa shape index (κ2) is 7.13. The summed E-state index contributed by atoms with van der Waals surface area (Å²) in [5, 5.41) is 5.61. The number of carbonyl (C=O) groups is 1. The summed E-state index contributed by atoms with van der Waals surface area (Å²) in [4.78, 5) is 12.0. The fraction of sp³-hybridized carbons (Fsp3) is 0.500. The smallest absolute Gasteiger partial charge is 0.325 e. The molecule has 3 nitrogen and oxygen atoms in total. The molecule has 1 atom stereocenters. The van der Waals surface area contributed by atoms with Crippen molar-refractivity contribution in [2.45, 2.75) is 38.4 Å². The Kier molecular flexibility index (Phi) is 6.04. The minimum absolute atomic E-state index is 0. The van der Waals surface area contributed by atoms with E-state index >= 15 is 0 Å². The van der Waals surface area contributed by atoms with Crippen molar-refractivity contribution in [1.29, 1.82) is 0 Å². The number of nitrogens with one attached hydrogen (secondary N) is 2. The highest BCUT2D eigenvalue weighted by Crippen LogP contribution is 2.33. The molecule has 0 spiro atoms. The van der Waals surface area contributed by atoms with Crippen molar-refractivity contribution in [2.75, 3.05) is 11.9 Å². The predicted molar refractivity (Wildman–Crippen MR) is 77.7 cm³/mol. The Bertz CT molecular complexity index is 499. The third kappa shape index (κ3) is 4.61. The summed E-state index contributed by atoms with van der Waals surface area (Å²) in [7, 11) is 0. The lowest BCUT2D eigenvalue weighted by atomic mass is 10.0. The minimum Gasteiger partial charge on any atom is -0.325 e. The van der Waals surface area contributed by atoms with Crippen LogP contribution in [-0.2, 0) is 11.0 Å². The van der Waals surface area contributed by atoms with Crippen LogP contribution in [0, 0.1) is 6.92 Å². The van der Waals surface area contributed by atoms with Gasteiger partial charge in [-0.1, -0.05) is 12.5 Å². The number of benzene rings is 1. The van der Waals surface area contributed by atoms with E-state index < -0.39 is 11.7 Å². The Hall–Kier alpha value is -1.27. The third-order valence-corrected chi connectivity index (χ3v) is 3.44. The molecule has 2 N–H and O–H groups in total. The predicted octanol–water partition coefficient (Wildman–Crippen LogP) is 3.52. The summed E-state index contributed by atoms with van der Waals surface area (Å²) in [6.07, 6.45) is -1.73. The molecule has 1 heterocycles. The molecule has 1 amide bonds. The Balaban J connectivity index is 0.00000220. The summed E-state index contributed by atoms with van der Waals surface area (Å²) in [6, 6.07) is 3.52. The Morgan fingerprint density at radius 3 is 2.62 bits per heavy atom. The third-order valence-electron chi connectivity index (χ3n) is 3.44. The van der Waals surface area contributed by atoms with Gasteiger partial charge in [-0.05, 0) is 44.0 Å². The monoisotopic (exact) mass is 322 g/mol. The van der Waals surface area contributed by atoms with Crippen molar-refractivity contribution in [3.8, 4) is 0 Å². The molecule has 1 aliphatic heterocycles. The average Bonchev–Trinajstić information content (AvgIpc) is 2.40. The zero-order valence-electron chi connectivity index (χ0n) is 11.6. The van der Waals surface area contributed by atoms with Crippen LogP contribution < -0.4 is 10.6 Å². The second-order valence-electron chi connectivity index (χ2n) is 5.02. The molecule has 118 valence electrons. The van der Waals surface area contributed by atoms with Crippen molar-refractivity contribution in [1.82, 2.24) is 5.32 Å². The molecule has 1 aromatic rings. The first kappa shape index (κ1) is 17.8. The standard InChI is InChI=1S/C14H17F3N2O.ClH/c1-9-5-6-10(8-11(9)14(15,16)17)19-13(20)12-4-2-3-7-18-12;/h5-6,8,12,18H,2-4,7H2,1H3,(H,19,20);1H. The van der Waals surface area contributed by atoms with Crippen molar-refractivity contribution in [3.63, 3.8) is 0 Å². The van der Waals surface area contributed by atoms with Crippen LogP contribution in [0.5, 0.6) is 0 Å². The number of anilines is 1. The molecule has 21 heavy (non-hydrogen) atoms. The zero-order valence-corrected chi connectivity index (χ0v) is 12.4. The molecule has 1 saturated heterocycles. The first-order chi connectivity index (χ1) is 9.38. The van der Waals surface area contributed by atoms with Crippen LogP contribution >= 0.6 is 12.4 Å². The number of aryl methyl sites for hydroxylation is 1. The Labute approximate surface area is 127 Å². The number of halogens is 4. The highest BCUT2D eigenvalue weighted by atomic mass is 35.5. The van der Waals surface area contributed by atoms with Crippen molar-refractivity contribution < 1.29 is 18.0 Å². The van der Waals surface area contributed by atoms with E-state index in [1.54, 1.807) is 0 Å². The maximum absolute atomic E-state index is 12.8. The van der Waals surface area contributed by atoms with E-state index in [0.29, 0.717) is 6.42 Å². The highest BCUT2D eigenvalue weighted by molar-refractivity contribution is 5.95. The summed E-state index contributed by atoms with van der Waals surface area (Å²) < 4.78 is 38.4. The summed E-state index contributed by atoms with van der Waals surface area (Å²) in [5.41, 5.74) is -0.390.